The van der Waals surface area contributed by atoms with Crippen LogP contribution in [0.15, 0.2) is 24.3 Å². The van der Waals surface area contributed by atoms with Gasteiger partial charge in [0.25, 0.3) is 5.91 Å². The number of hydrogen-bond donors (Lipinski definition) is 1. The Morgan fingerprint density at radius 3 is 2.78 bits per heavy atom. The number of carbonyl (C=O) groups is 1. The fourth-order valence-corrected chi connectivity index (χ4v) is 3.33. The Balaban J connectivity index is 1.88. The summed E-state index contributed by atoms with van der Waals surface area (Å²) in [6.45, 7) is 3.43. The number of benzene rings is 1. The van der Waals surface area contributed by atoms with Crippen LogP contribution in [-0.4, -0.2) is 39.7 Å². The van der Waals surface area contributed by atoms with E-state index in [9.17, 15) is 4.79 Å². The van der Waals surface area contributed by atoms with Gasteiger partial charge in [0, 0.05) is 24.2 Å². The molecule has 0 radical (unpaired) electrons. The highest BCUT2D eigenvalue weighted by Gasteiger charge is 2.29. The average Bonchev–Trinajstić information content (AvgIpc) is 3.05. The third-order valence-electron chi connectivity index (χ3n) is 4.07. The van der Waals surface area contributed by atoms with E-state index in [1.807, 2.05) is 24.3 Å². The predicted octanol–water partition coefficient (Wildman–Crippen LogP) is 2.72. The summed E-state index contributed by atoms with van der Waals surface area (Å²) in [6, 6.07) is 7.54. The van der Waals surface area contributed by atoms with Gasteiger partial charge in [0.2, 0.25) is 0 Å². The van der Waals surface area contributed by atoms with Crippen molar-refractivity contribution in [1.29, 1.82) is 0 Å². The summed E-state index contributed by atoms with van der Waals surface area (Å²) in [5.41, 5.74) is 7.85. The number of hydrogen-bond acceptors (Lipinski definition) is 3. The molecule has 2 aromatic rings. The van der Waals surface area contributed by atoms with Crippen LogP contribution in [0.5, 0.6) is 0 Å². The first kappa shape index (κ1) is 16.3. The summed E-state index contributed by atoms with van der Waals surface area (Å²) < 4.78 is 1.61. The standard InChI is InChI=1S/C16H18Cl2N4O/c1-10-14(16(23)21-7-6-12(19)9-21)15(18)22(20-10)8-11-4-2-3-5-13(11)17/h2-5,12H,6-9,19H2,1H3/t12-/m0/s1. The normalized spacial score (nSPS) is 17.7. The van der Waals surface area contributed by atoms with E-state index in [-0.39, 0.29) is 11.9 Å². The summed E-state index contributed by atoms with van der Waals surface area (Å²) in [5.74, 6) is -0.106. The largest absolute Gasteiger partial charge is 0.337 e. The van der Waals surface area contributed by atoms with Crippen LogP contribution >= 0.6 is 23.2 Å². The van der Waals surface area contributed by atoms with Crippen LogP contribution in [0.3, 0.4) is 0 Å². The minimum Gasteiger partial charge on any atom is -0.337 e. The summed E-state index contributed by atoms with van der Waals surface area (Å²) in [5, 5.41) is 5.39. The Hall–Kier alpha value is -1.56. The van der Waals surface area contributed by atoms with Crippen molar-refractivity contribution in [2.24, 2.45) is 5.73 Å². The Kier molecular flexibility index (Phi) is 4.62. The van der Waals surface area contributed by atoms with Crippen molar-refractivity contribution in [3.05, 3.63) is 51.3 Å². The van der Waals surface area contributed by atoms with Crippen LogP contribution in [0.2, 0.25) is 10.2 Å². The molecule has 1 aliphatic rings. The SMILES string of the molecule is Cc1nn(Cc2ccccc2Cl)c(Cl)c1C(=O)N1CC[C@H](N)C1. The highest BCUT2D eigenvalue weighted by molar-refractivity contribution is 6.33. The number of rotatable bonds is 3. The number of aryl methyl sites for hydroxylation is 1. The van der Waals surface area contributed by atoms with Crippen molar-refractivity contribution in [2.45, 2.75) is 25.9 Å². The molecule has 1 amide bonds. The van der Waals surface area contributed by atoms with E-state index in [1.165, 1.54) is 0 Å². The van der Waals surface area contributed by atoms with Gasteiger partial charge in [0.15, 0.2) is 0 Å². The summed E-state index contributed by atoms with van der Waals surface area (Å²) in [4.78, 5) is 14.4. The molecule has 1 aliphatic heterocycles. The van der Waals surface area contributed by atoms with Gasteiger partial charge in [-0.05, 0) is 25.0 Å². The van der Waals surface area contributed by atoms with Crippen LogP contribution in [0.1, 0.15) is 28.0 Å². The smallest absolute Gasteiger partial charge is 0.258 e. The maximum absolute atomic E-state index is 12.7. The molecule has 1 fully saturated rings. The predicted molar refractivity (Wildman–Crippen MR) is 91.0 cm³/mol. The van der Waals surface area contributed by atoms with Gasteiger partial charge in [-0.3, -0.25) is 4.79 Å². The van der Waals surface area contributed by atoms with Gasteiger partial charge in [-0.1, -0.05) is 41.4 Å². The minimum atomic E-state index is -0.106. The number of aromatic nitrogens is 2. The molecule has 5 nitrogen and oxygen atoms in total. The Bertz CT molecular complexity index is 744. The molecule has 1 aromatic heterocycles. The van der Waals surface area contributed by atoms with E-state index >= 15 is 0 Å². The quantitative estimate of drug-likeness (QED) is 0.923. The van der Waals surface area contributed by atoms with Crippen LogP contribution in [0, 0.1) is 6.92 Å². The van der Waals surface area contributed by atoms with E-state index < -0.39 is 0 Å². The monoisotopic (exact) mass is 352 g/mol. The molecule has 2 heterocycles. The number of likely N-dealkylation sites (tertiary alicyclic amines) is 1. The Morgan fingerprint density at radius 1 is 1.39 bits per heavy atom. The number of halogens is 2. The third-order valence-corrected chi connectivity index (χ3v) is 4.82. The van der Waals surface area contributed by atoms with Crippen LogP contribution < -0.4 is 5.73 Å². The van der Waals surface area contributed by atoms with Crippen molar-refractivity contribution >= 4 is 29.1 Å². The molecule has 3 rings (SSSR count). The zero-order valence-corrected chi connectivity index (χ0v) is 14.3. The lowest BCUT2D eigenvalue weighted by Gasteiger charge is -2.15. The molecule has 23 heavy (non-hydrogen) atoms. The number of carbonyl (C=O) groups excluding carboxylic acids is 1. The zero-order valence-electron chi connectivity index (χ0n) is 12.8. The molecule has 1 aromatic carbocycles. The fraction of sp³-hybridized carbons (Fsp3) is 0.375. The number of nitrogens with two attached hydrogens (primary N) is 1. The molecule has 1 atom stereocenters. The molecule has 0 spiro atoms. The molecule has 1 saturated heterocycles. The summed E-state index contributed by atoms with van der Waals surface area (Å²) in [7, 11) is 0. The van der Waals surface area contributed by atoms with Crippen LogP contribution in [-0.2, 0) is 6.54 Å². The highest BCUT2D eigenvalue weighted by Crippen LogP contribution is 2.25. The van der Waals surface area contributed by atoms with Crippen molar-refractivity contribution in [2.75, 3.05) is 13.1 Å². The second kappa shape index (κ2) is 6.51. The summed E-state index contributed by atoms with van der Waals surface area (Å²) in [6.07, 6.45) is 0.816. The molecule has 122 valence electrons. The zero-order chi connectivity index (χ0) is 16.6. The van der Waals surface area contributed by atoms with Gasteiger partial charge < -0.3 is 10.6 Å². The highest BCUT2D eigenvalue weighted by atomic mass is 35.5. The van der Waals surface area contributed by atoms with Gasteiger partial charge >= 0.3 is 0 Å². The van der Waals surface area contributed by atoms with Gasteiger partial charge in [0.1, 0.15) is 5.15 Å². The molecule has 0 saturated carbocycles. The molecule has 0 unspecified atom stereocenters. The van der Waals surface area contributed by atoms with E-state index in [2.05, 4.69) is 5.10 Å². The van der Waals surface area contributed by atoms with Crippen molar-refractivity contribution < 1.29 is 4.79 Å². The second-order valence-corrected chi connectivity index (χ2v) is 6.57. The second-order valence-electron chi connectivity index (χ2n) is 5.80. The first-order valence-corrected chi connectivity index (χ1v) is 8.24. The lowest BCUT2D eigenvalue weighted by atomic mass is 10.2. The van der Waals surface area contributed by atoms with Gasteiger partial charge in [-0.2, -0.15) is 5.10 Å². The summed E-state index contributed by atoms with van der Waals surface area (Å²) >= 11 is 12.6. The Labute approximate surface area is 145 Å². The van der Waals surface area contributed by atoms with Gasteiger partial charge in [-0.25, -0.2) is 4.68 Å². The molecule has 0 bridgehead atoms. The van der Waals surface area contributed by atoms with Crippen molar-refractivity contribution in [1.82, 2.24) is 14.7 Å². The van der Waals surface area contributed by atoms with Crippen LogP contribution in [0.25, 0.3) is 0 Å². The van der Waals surface area contributed by atoms with Gasteiger partial charge in [0.05, 0.1) is 17.8 Å². The van der Waals surface area contributed by atoms with E-state index in [4.69, 9.17) is 28.9 Å². The first-order chi connectivity index (χ1) is 11.0. The third kappa shape index (κ3) is 3.22. The fourth-order valence-electron chi connectivity index (χ4n) is 2.82. The van der Waals surface area contributed by atoms with Crippen molar-refractivity contribution in [3.8, 4) is 0 Å². The molecule has 7 heteroatoms. The van der Waals surface area contributed by atoms with Gasteiger partial charge in [-0.15, -0.1) is 0 Å². The first-order valence-electron chi connectivity index (χ1n) is 7.48. The van der Waals surface area contributed by atoms with E-state index in [1.54, 1.807) is 16.5 Å². The molecule has 2 N–H and O–H groups in total. The molecular formula is C16H18Cl2N4O. The maximum Gasteiger partial charge on any atom is 0.258 e. The van der Waals surface area contributed by atoms with E-state index in [0.29, 0.717) is 41.1 Å². The lowest BCUT2D eigenvalue weighted by molar-refractivity contribution is 0.0790. The van der Waals surface area contributed by atoms with Crippen molar-refractivity contribution in [3.63, 3.8) is 0 Å². The lowest BCUT2D eigenvalue weighted by Crippen LogP contribution is -2.32. The number of nitrogens with zero attached hydrogens (tertiary/aromatic N) is 3. The topological polar surface area (TPSA) is 64.2 Å². The minimum absolute atomic E-state index is 0.0381. The Morgan fingerprint density at radius 2 is 2.13 bits per heavy atom. The number of amides is 1. The maximum atomic E-state index is 12.7. The molecule has 0 aliphatic carbocycles. The van der Waals surface area contributed by atoms with E-state index in [0.717, 1.165) is 12.0 Å². The average molecular weight is 353 g/mol. The molecular weight excluding hydrogens is 335 g/mol. The van der Waals surface area contributed by atoms with Crippen LogP contribution in [0.4, 0.5) is 0 Å².